The van der Waals surface area contributed by atoms with Gasteiger partial charge in [-0.3, -0.25) is 4.79 Å². The molecule has 1 aromatic carbocycles. The van der Waals surface area contributed by atoms with Crippen LogP contribution in [-0.2, 0) is 0 Å². The Morgan fingerprint density at radius 1 is 1.32 bits per heavy atom. The van der Waals surface area contributed by atoms with Crippen LogP contribution in [-0.4, -0.2) is 40.2 Å². The van der Waals surface area contributed by atoms with Gasteiger partial charge in [0.25, 0.3) is 5.91 Å². The van der Waals surface area contributed by atoms with E-state index in [0.717, 1.165) is 0 Å². The van der Waals surface area contributed by atoms with Crippen LogP contribution in [0, 0.1) is 17.5 Å². The predicted molar refractivity (Wildman–Crippen MR) is 59.1 cm³/mol. The molecule has 19 heavy (non-hydrogen) atoms. The third kappa shape index (κ3) is 2.51. The minimum atomic E-state index is -1.73. The van der Waals surface area contributed by atoms with Crippen molar-refractivity contribution in [1.29, 1.82) is 0 Å². The Morgan fingerprint density at radius 2 is 1.95 bits per heavy atom. The first-order chi connectivity index (χ1) is 8.97. The van der Waals surface area contributed by atoms with Crippen LogP contribution >= 0.6 is 0 Å². The van der Waals surface area contributed by atoms with Crippen molar-refractivity contribution in [2.24, 2.45) is 0 Å². The summed E-state index contributed by atoms with van der Waals surface area (Å²) in [4.78, 5) is 13.2. The molecule has 0 aromatic heterocycles. The molecule has 2 rings (SSSR count). The predicted octanol–water partition coefficient (Wildman–Crippen LogP) is 1.41. The quantitative estimate of drug-likeness (QED) is 0.817. The lowest BCUT2D eigenvalue weighted by molar-refractivity contribution is 0.0701. The molecule has 0 unspecified atom stereocenters. The Kier molecular flexibility index (Phi) is 3.66. The Balaban J connectivity index is 2.37. The summed E-state index contributed by atoms with van der Waals surface area (Å²) in [6.07, 6.45) is 1.42. The fourth-order valence-corrected chi connectivity index (χ4v) is 1.84. The Labute approximate surface area is 107 Å². The van der Waals surface area contributed by atoms with Crippen molar-refractivity contribution < 1.29 is 28.2 Å². The molecule has 4 nitrogen and oxygen atoms in total. The largest absolute Gasteiger partial charge is 0.503 e. The van der Waals surface area contributed by atoms with Crippen molar-refractivity contribution >= 4 is 5.91 Å². The summed E-state index contributed by atoms with van der Waals surface area (Å²) in [5, 5.41) is 17.9. The molecule has 1 aliphatic rings. The summed E-state index contributed by atoms with van der Waals surface area (Å²) in [5.74, 6) is -7.10. The van der Waals surface area contributed by atoms with Gasteiger partial charge in [0.2, 0.25) is 5.82 Å². The van der Waals surface area contributed by atoms with Crippen molar-refractivity contribution in [3.8, 4) is 5.75 Å². The molecule has 0 heterocycles. The van der Waals surface area contributed by atoms with Crippen LogP contribution in [0.4, 0.5) is 13.2 Å². The maximum Gasteiger partial charge on any atom is 0.257 e. The van der Waals surface area contributed by atoms with E-state index in [9.17, 15) is 18.0 Å². The minimum absolute atomic E-state index is 0.0251. The maximum atomic E-state index is 13.6. The molecule has 1 saturated carbocycles. The summed E-state index contributed by atoms with van der Waals surface area (Å²) >= 11 is 0. The molecule has 1 amide bonds. The summed E-state index contributed by atoms with van der Waals surface area (Å²) in [6.45, 7) is -0.345. The lowest BCUT2D eigenvalue weighted by Crippen LogP contribution is -2.36. The number of nitrogens with zero attached hydrogens (tertiary/aromatic N) is 1. The average Bonchev–Trinajstić information content (AvgIpc) is 3.21. The highest BCUT2D eigenvalue weighted by atomic mass is 19.2. The number of carbonyl (C=O) groups is 1. The van der Waals surface area contributed by atoms with E-state index >= 15 is 0 Å². The molecule has 0 atom stereocenters. The Hall–Kier alpha value is -1.76. The number of hydrogen-bond acceptors (Lipinski definition) is 3. The van der Waals surface area contributed by atoms with Crippen LogP contribution in [0.15, 0.2) is 6.07 Å². The standard InChI is InChI=1S/C12H12F3NO3/c13-8-5-7(9(14)11(18)10(8)15)12(19)16(3-4-17)6-1-2-6/h5-6,17-18H,1-4H2. The Morgan fingerprint density at radius 3 is 2.47 bits per heavy atom. The van der Waals surface area contributed by atoms with E-state index in [1.54, 1.807) is 0 Å². The molecule has 1 fully saturated rings. The minimum Gasteiger partial charge on any atom is -0.503 e. The summed E-state index contributed by atoms with van der Waals surface area (Å²) < 4.78 is 39.7. The highest BCUT2D eigenvalue weighted by molar-refractivity contribution is 5.95. The molecule has 0 radical (unpaired) electrons. The second kappa shape index (κ2) is 5.08. The third-order valence-corrected chi connectivity index (χ3v) is 2.95. The normalized spacial score (nSPS) is 14.5. The van der Waals surface area contributed by atoms with Gasteiger partial charge in [-0.1, -0.05) is 0 Å². The SMILES string of the molecule is O=C(c1cc(F)c(F)c(O)c1F)N(CCO)C1CC1. The second-order valence-electron chi connectivity index (χ2n) is 4.34. The van der Waals surface area contributed by atoms with Gasteiger partial charge in [-0.15, -0.1) is 0 Å². The molecule has 1 aliphatic carbocycles. The lowest BCUT2D eigenvalue weighted by Gasteiger charge is -2.21. The zero-order chi connectivity index (χ0) is 14.2. The molecule has 0 spiro atoms. The topological polar surface area (TPSA) is 60.8 Å². The number of hydrogen-bond donors (Lipinski definition) is 2. The van der Waals surface area contributed by atoms with E-state index in [2.05, 4.69) is 0 Å². The van der Waals surface area contributed by atoms with Gasteiger partial charge in [-0.2, -0.15) is 4.39 Å². The smallest absolute Gasteiger partial charge is 0.257 e. The van der Waals surface area contributed by atoms with Crippen LogP contribution in [0.2, 0.25) is 0 Å². The number of aliphatic hydroxyl groups excluding tert-OH is 1. The first-order valence-corrected chi connectivity index (χ1v) is 5.75. The Bertz CT molecular complexity index is 517. The van der Waals surface area contributed by atoms with Gasteiger partial charge in [-0.25, -0.2) is 8.78 Å². The lowest BCUT2D eigenvalue weighted by atomic mass is 10.1. The number of rotatable bonds is 4. The fraction of sp³-hybridized carbons (Fsp3) is 0.417. The number of amides is 1. The van der Waals surface area contributed by atoms with Crippen molar-refractivity contribution in [2.45, 2.75) is 18.9 Å². The number of phenols is 1. The maximum absolute atomic E-state index is 13.6. The molecular formula is C12H12F3NO3. The van der Waals surface area contributed by atoms with E-state index in [1.807, 2.05) is 0 Å². The van der Waals surface area contributed by atoms with Crippen LogP contribution < -0.4 is 0 Å². The van der Waals surface area contributed by atoms with Gasteiger partial charge >= 0.3 is 0 Å². The van der Waals surface area contributed by atoms with E-state index in [1.165, 1.54) is 4.90 Å². The molecule has 7 heteroatoms. The molecule has 104 valence electrons. The van der Waals surface area contributed by atoms with Gasteiger partial charge < -0.3 is 15.1 Å². The summed E-state index contributed by atoms with van der Waals surface area (Å²) in [6, 6.07) is 0.286. The number of halogens is 3. The highest BCUT2D eigenvalue weighted by Gasteiger charge is 2.35. The number of carbonyl (C=O) groups excluding carboxylic acids is 1. The van der Waals surface area contributed by atoms with E-state index in [0.29, 0.717) is 18.9 Å². The second-order valence-corrected chi connectivity index (χ2v) is 4.34. The third-order valence-electron chi connectivity index (χ3n) is 2.95. The van der Waals surface area contributed by atoms with E-state index in [-0.39, 0.29) is 19.2 Å². The van der Waals surface area contributed by atoms with E-state index < -0.39 is 34.7 Å². The fourth-order valence-electron chi connectivity index (χ4n) is 1.84. The van der Waals surface area contributed by atoms with Crippen molar-refractivity contribution in [2.75, 3.05) is 13.2 Å². The van der Waals surface area contributed by atoms with Crippen molar-refractivity contribution in [1.82, 2.24) is 4.90 Å². The van der Waals surface area contributed by atoms with Crippen LogP contribution in [0.1, 0.15) is 23.2 Å². The van der Waals surface area contributed by atoms with Crippen molar-refractivity contribution in [3.05, 3.63) is 29.1 Å². The van der Waals surface area contributed by atoms with Crippen molar-refractivity contribution in [3.63, 3.8) is 0 Å². The molecule has 0 bridgehead atoms. The van der Waals surface area contributed by atoms with Gasteiger partial charge in [0.05, 0.1) is 12.2 Å². The molecule has 1 aromatic rings. The molecule has 2 N–H and O–H groups in total. The monoisotopic (exact) mass is 275 g/mol. The van der Waals surface area contributed by atoms with Gasteiger partial charge in [0.15, 0.2) is 17.4 Å². The zero-order valence-electron chi connectivity index (χ0n) is 9.87. The first-order valence-electron chi connectivity index (χ1n) is 5.75. The summed E-state index contributed by atoms with van der Waals surface area (Å²) in [5.41, 5.74) is -0.739. The average molecular weight is 275 g/mol. The first kappa shape index (κ1) is 13.7. The molecule has 0 saturated heterocycles. The highest BCUT2D eigenvalue weighted by Crippen LogP contribution is 2.31. The van der Waals surface area contributed by atoms with Crippen LogP contribution in [0.25, 0.3) is 0 Å². The molecular weight excluding hydrogens is 263 g/mol. The van der Waals surface area contributed by atoms with Gasteiger partial charge in [-0.05, 0) is 18.9 Å². The van der Waals surface area contributed by atoms with Crippen LogP contribution in [0.5, 0.6) is 5.75 Å². The molecule has 0 aliphatic heterocycles. The number of phenolic OH excluding ortho intramolecular Hbond substituents is 1. The number of aromatic hydroxyl groups is 1. The number of benzene rings is 1. The number of aliphatic hydroxyl groups is 1. The summed E-state index contributed by atoms with van der Waals surface area (Å²) in [7, 11) is 0. The van der Waals surface area contributed by atoms with Crippen LogP contribution in [0.3, 0.4) is 0 Å². The van der Waals surface area contributed by atoms with Gasteiger partial charge in [0.1, 0.15) is 0 Å². The zero-order valence-corrected chi connectivity index (χ0v) is 9.87. The van der Waals surface area contributed by atoms with E-state index in [4.69, 9.17) is 10.2 Å². The van der Waals surface area contributed by atoms with Gasteiger partial charge in [0, 0.05) is 12.6 Å².